The summed E-state index contributed by atoms with van der Waals surface area (Å²) in [6, 6.07) is 6.74. The third-order valence-electron chi connectivity index (χ3n) is 3.63. The number of rotatable bonds is 7. The highest BCUT2D eigenvalue weighted by molar-refractivity contribution is 9.10. The molecule has 0 aliphatic carbocycles. The first-order valence-electron chi connectivity index (χ1n) is 7.44. The van der Waals surface area contributed by atoms with Crippen LogP contribution in [-0.4, -0.2) is 19.7 Å². The van der Waals surface area contributed by atoms with Crippen LogP contribution in [0, 0.1) is 5.41 Å². The molecule has 0 fully saturated rings. The van der Waals surface area contributed by atoms with E-state index in [9.17, 15) is 0 Å². The maximum atomic E-state index is 5.46. The van der Waals surface area contributed by atoms with E-state index in [4.69, 9.17) is 4.74 Å². The summed E-state index contributed by atoms with van der Waals surface area (Å²) in [6.45, 7) is 10.2. The van der Waals surface area contributed by atoms with Gasteiger partial charge in [-0.3, -0.25) is 0 Å². The number of aryl methyl sites for hydroxylation is 1. The fourth-order valence-electron chi connectivity index (χ4n) is 2.40. The van der Waals surface area contributed by atoms with Crippen LogP contribution in [0.5, 0.6) is 5.75 Å². The van der Waals surface area contributed by atoms with Crippen LogP contribution in [0.3, 0.4) is 0 Å². The number of hydrogen-bond acceptors (Lipinski definition) is 2. The summed E-state index contributed by atoms with van der Waals surface area (Å²) in [5.41, 5.74) is 1.54. The molecular weight excluding hydrogens is 314 g/mol. The molecule has 0 aliphatic heterocycles. The Balaban J connectivity index is 2.74. The van der Waals surface area contributed by atoms with E-state index in [1.807, 2.05) is 12.1 Å². The molecule has 0 bridgehead atoms. The van der Waals surface area contributed by atoms with Crippen LogP contribution in [-0.2, 0) is 6.42 Å². The van der Waals surface area contributed by atoms with E-state index in [1.54, 1.807) is 7.11 Å². The molecule has 0 radical (unpaired) electrons. The maximum absolute atomic E-state index is 5.46. The molecule has 3 heteroatoms. The Morgan fingerprint density at radius 1 is 1.30 bits per heavy atom. The Labute approximate surface area is 132 Å². The lowest BCUT2D eigenvalue weighted by Gasteiger charge is -2.32. The summed E-state index contributed by atoms with van der Waals surface area (Å²) in [5.74, 6) is 0.983. The predicted octanol–water partition coefficient (Wildman–Crippen LogP) is 4.80. The highest BCUT2D eigenvalue weighted by atomic mass is 79.9. The van der Waals surface area contributed by atoms with Gasteiger partial charge in [0.2, 0.25) is 0 Å². The SMILES string of the molecule is CCCNC(CCc1cc(Br)ccc1OC)C(C)(C)C. The highest BCUT2D eigenvalue weighted by Crippen LogP contribution is 2.28. The number of halogens is 1. The van der Waals surface area contributed by atoms with E-state index in [2.05, 4.69) is 55.0 Å². The Bertz CT molecular complexity index is 412. The second-order valence-electron chi connectivity index (χ2n) is 6.37. The summed E-state index contributed by atoms with van der Waals surface area (Å²) in [7, 11) is 1.74. The Morgan fingerprint density at radius 2 is 2.00 bits per heavy atom. The van der Waals surface area contributed by atoms with Gasteiger partial charge in [-0.25, -0.2) is 0 Å². The Morgan fingerprint density at radius 3 is 2.55 bits per heavy atom. The molecule has 1 aromatic rings. The molecule has 2 nitrogen and oxygen atoms in total. The second-order valence-corrected chi connectivity index (χ2v) is 7.28. The van der Waals surface area contributed by atoms with Gasteiger partial charge in [0.15, 0.2) is 0 Å². The maximum Gasteiger partial charge on any atom is 0.122 e. The van der Waals surface area contributed by atoms with E-state index < -0.39 is 0 Å². The molecule has 0 saturated heterocycles. The third kappa shape index (κ3) is 5.45. The van der Waals surface area contributed by atoms with Crippen LogP contribution in [0.4, 0.5) is 0 Å². The van der Waals surface area contributed by atoms with Crippen LogP contribution in [0.2, 0.25) is 0 Å². The van der Waals surface area contributed by atoms with Gasteiger partial charge in [-0.05, 0) is 55.0 Å². The van der Waals surface area contributed by atoms with Gasteiger partial charge in [-0.15, -0.1) is 0 Å². The normalized spacial score (nSPS) is 13.3. The van der Waals surface area contributed by atoms with Gasteiger partial charge in [0.05, 0.1) is 7.11 Å². The van der Waals surface area contributed by atoms with Crippen molar-refractivity contribution < 1.29 is 4.74 Å². The number of nitrogens with one attached hydrogen (secondary N) is 1. The smallest absolute Gasteiger partial charge is 0.122 e. The van der Waals surface area contributed by atoms with Crippen LogP contribution in [0.1, 0.15) is 46.1 Å². The zero-order chi connectivity index (χ0) is 15.2. The lowest BCUT2D eigenvalue weighted by molar-refractivity contribution is 0.254. The molecule has 1 unspecified atom stereocenters. The van der Waals surface area contributed by atoms with Crippen molar-refractivity contribution >= 4 is 15.9 Å². The molecule has 0 aliphatic rings. The highest BCUT2D eigenvalue weighted by Gasteiger charge is 2.23. The second kappa shape index (κ2) is 8.04. The largest absolute Gasteiger partial charge is 0.496 e. The van der Waals surface area contributed by atoms with Crippen molar-refractivity contribution in [1.29, 1.82) is 0 Å². The molecule has 114 valence electrons. The van der Waals surface area contributed by atoms with Crippen molar-refractivity contribution in [3.05, 3.63) is 28.2 Å². The van der Waals surface area contributed by atoms with Gasteiger partial charge in [-0.2, -0.15) is 0 Å². The fraction of sp³-hybridized carbons (Fsp3) is 0.647. The molecule has 1 atom stereocenters. The minimum absolute atomic E-state index is 0.272. The van der Waals surface area contributed by atoms with Gasteiger partial charge in [-0.1, -0.05) is 43.6 Å². The molecule has 0 amide bonds. The summed E-state index contributed by atoms with van der Waals surface area (Å²) < 4.78 is 6.57. The van der Waals surface area contributed by atoms with E-state index in [0.717, 1.165) is 29.6 Å². The van der Waals surface area contributed by atoms with Crippen molar-refractivity contribution in [3.8, 4) is 5.75 Å². The lowest BCUT2D eigenvalue weighted by Crippen LogP contribution is -2.41. The summed E-state index contributed by atoms with van der Waals surface area (Å²) in [6.07, 6.45) is 3.32. The summed E-state index contributed by atoms with van der Waals surface area (Å²) >= 11 is 3.54. The summed E-state index contributed by atoms with van der Waals surface area (Å²) in [5, 5.41) is 3.68. The topological polar surface area (TPSA) is 21.3 Å². The van der Waals surface area contributed by atoms with Gasteiger partial charge >= 0.3 is 0 Å². The number of methoxy groups -OCH3 is 1. The van der Waals surface area contributed by atoms with Crippen LogP contribution in [0.25, 0.3) is 0 Å². The molecule has 0 aromatic heterocycles. The molecule has 0 spiro atoms. The minimum atomic E-state index is 0.272. The van der Waals surface area contributed by atoms with Gasteiger partial charge in [0.25, 0.3) is 0 Å². The van der Waals surface area contributed by atoms with E-state index in [0.29, 0.717) is 6.04 Å². The first-order valence-corrected chi connectivity index (χ1v) is 8.23. The third-order valence-corrected chi connectivity index (χ3v) is 4.12. The van der Waals surface area contributed by atoms with Crippen molar-refractivity contribution in [1.82, 2.24) is 5.32 Å². The monoisotopic (exact) mass is 341 g/mol. The molecule has 1 N–H and O–H groups in total. The van der Waals surface area contributed by atoms with E-state index in [-0.39, 0.29) is 5.41 Å². The Hall–Kier alpha value is -0.540. The number of hydrogen-bond donors (Lipinski definition) is 1. The number of benzene rings is 1. The standard InChI is InChI=1S/C17H28BrNO/c1-6-11-19-16(17(2,3)4)10-7-13-12-14(18)8-9-15(13)20-5/h8-9,12,16,19H,6-7,10-11H2,1-5H3. The quantitative estimate of drug-likeness (QED) is 0.768. The van der Waals surface area contributed by atoms with E-state index >= 15 is 0 Å². The first kappa shape index (κ1) is 17.5. The van der Waals surface area contributed by atoms with Gasteiger partial charge in [0, 0.05) is 10.5 Å². The summed E-state index contributed by atoms with van der Waals surface area (Å²) in [4.78, 5) is 0. The number of ether oxygens (including phenoxy) is 1. The fourth-order valence-corrected chi connectivity index (χ4v) is 2.81. The minimum Gasteiger partial charge on any atom is -0.496 e. The zero-order valence-electron chi connectivity index (χ0n) is 13.4. The van der Waals surface area contributed by atoms with Crippen LogP contribution < -0.4 is 10.1 Å². The van der Waals surface area contributed by atoms with Crippen LogP contribution >= 0.6 is 15.9 Å². The Kier molecular flexibility index (Phi) is 7.04. The zero-order valence-corrected chi connectivity index (χ0v) is 15.0. The van der Waals surface area contributed by atoms with Crippen molar-refractivity contribution in [3.63, 3.8) is 0 Å². The average molecular weight is 342 g/mol. The molecular formula is C17H28BrNO. The molecule has 1 rings (SSSR count). The predicted molar refractivity (Wildman–Crippen MR) is 90.6 cm³/mol. The van der Waals surface area contributed by atoms with E-state index in [1.165, 1.54) is 12.0 Å². The van der Waals surface area contributed by atoms with Crippen molar-refractivity contribution in [2.45, 2.75) is 53.0 Å². The van der Waals surface area contributed by atoms with Crippen molar-refractivity contribution in [2.75, 3.05) is 13.7 Å². The average Bonchev–Trinajstić information content (AvgIpc) is 2.37. The molecule has 0 saturated carbocycles. The molecule has 20 heavy (non-hydrogen) atoms. The van der Waals surface area contributed by atoms with Gasteiger partial charge < -0.3 is 10.1 Å². The van der Waals surface area contributed by atoms with Crippen molar-refractivity contribution in [2.24, 2.45) is 5.41 Å². The van der Waals surface area contributed by atoms with Crippen LogP contribution in [0.15, 0.2) is 22.7 Å². The first-order chi connectivity index (χ1) is 9.38. The molecule has 0 heterocycles. The van der Waals surface area contributed by atoms with Gasteiger partial charge in [0.1, 0.15) is 5.75 Å². The lowest BCUT2D eigenvalue weighted by atomic mass is 9.83. The molecule has 1 aromatic carbocycles.